The van der Waals surface area contributed by atoms with Gasteiger partial charge in [-0.05, 0) is 37.1 Å². The number of halogens is 2. The Bertz CT molecular complexity index is 1110. The predicted molar refractivity (Wildman–Crippen MR) is 98.6 cm³/mol. The van der Waals surface area contributed by atoms with Crippen LogP contribution in [0.4, 0.5) is 8.78 Å². The minimum atomic E-state index is -0.448. The van der Waals surface area contributed by atoms with Gasteiger partial charge in [-0.15, -0.1) is 5.10 Å². The molecule has 4 aromatic rings. The van der Waals surface area contributed by atoms with Crippen LogP contribution in [0.25, 0.3) is 28.7 Å². The Balaban J connectivity index is 1.78. The van der Waals surface area contributed by atoms with Gasteiger partial charge in [-0.1, -0.05) is 48.0 Å². The van der Waals surface area contributed by atoms with E-state index in [9.17, 15) is 8.78 Å². The van der Waals surface area contributed by atoms with Crippen LogP contribution in [0, 0.1) is 11.6 Å². The summed E-state index contributed by atoms with van der Waals surface area (Å²) < 4.78 is 35.1. The Morgan fingerprint density at radius 3 is 2.50 bits per heavy atom. The van der Waals surface area contributed by atoms with Gasteiger partial charge in [0.25, 0.3) is 5.89 Å². The zero-order valence-electron chi connectivity index (χ0n) is 15.1. The third-order valence-corrected chi connectivity index (χ3v) is 4.35. The maximum Gasteiger partial charge on any atom is 0.280 e. The number of aromatic nitrogens is 5. The lowest BCUT2D eigenvalue weighted by molar-refractivity contribution is 0.430. The first-order chi connectivity index (χ1) is 13.7. The van der Waals surface area contributed by atoms with E-state index in [1.165, 1.54) is 16.8 Å². The van der Waals surface area contributed by atoms with Gasteiger partial charge in [-0.2, -0.15) is 4.98 Å². The Hall–Kier alpha value is -3.42. The Morgan fingerprint density at radius 2 is 1.75 bits per heavy atom. The smallest absolute Gasteiger partial charge is 0.280 e. The van der Waals surface area contributed by atoms with Crippen molar-refractivity contribution in [1.82, 2.24) is 25.1 Å². The van der Waals surface area contributed by atoms with Crippen molar-refractivity contribution < 1.29 is 13.3 Å². The topological polar surface area (TPSA) is 69.6 Å². The van der Waals surface area contributed by atoms with E-state index >= 15 is 0 Å². The summed E-state index contributed by atoms with van der Waals surface area (Å²) in [5, 5.41) is 12.1. The van der Waals surface area contributed by atoms with Gasteiger partial charge in [0.1, 0.15) is 17.3 Å². The predicted octanol–water partition coefficient (Wildman–Crippen LogP) is 4.61. The van der Waals surface area contributed by atoms with Crippen LogP contribution in [0.5, 0.6) is 0 Å². The van der Waals surface area contributed by atoms with E-state index in [2.05, 4.69) is 27.4 Å². The fourth-order valence-corrected chi connectivity index (χ4v) is 2.92. The molecule has 8 heteroatoms. The second-order valence-corrected chi connectivity index (χ2v) is 6.25. The molecule has 0 radical (unpaired) electrons. The van der Waals surface area contributed by atoms with Gasteiger partial charge < -0.3 is 4.52 Å². The summed E-state index contributed by atoms with van der Waals surface area (Å²) in [6, 6.07) is 12.5. The van der Waals surface area contributed by atoms with Crippen LogP contribution >= 0.6 is 0 Å². The number of benzene rings is 2. The van der Waals surface area contributed by atoms with E-state index in [1.807, 2.05) is 0 Å². The van der Waals surface area contributed by atoms with Crippen molar-refractivity contribution in [2.45, 2.75) is 26.2 Å². The Labute approximate surface area is 159 Å². The maximum absolute atomic E-state index is 14.3. The van der Waals surface area contributed by atoms with Gasteiger partial charge in [0.05, 0.1) is 11.3 Å². The summed E-state index contributed by atoms with van der Waals surface area (Å²) >= 11 is 0. The highest BCUT2D eigenvalue weighted by Gasteiger charge is 2.23. The van der Waals surface area contributed by atoms with Crippen LogP contribution in [-0.4, -0.2) is 25.1 Å². The molecule has 4 rings (SSSR count). The third kappa shape index (κ3) is 3.28. The van der Waals surface area contributed by atoms with Crippen LogP contribution < -0.4 is 0 Å². The monoisotopic (exact) mass is 381 g/mol. The van der Waals surface area contributed by atoms with Crippen LogP contribution in [0.15, 0.2) is 53.1 Å². The van der Waals surface area contributed by atoms with E-state index in [-0.39, 0.29) is 17.3 Å². The number of para-hydroxylation sites is 1. The average Bonchev–Trinajstić information content (AvgIpc) is 3.34. The van der Waals surface area contributed by atoms with Crippen molar-refractivity contribution in [2.75, 3.05) is 0 Å². The van der Waals surface area contributed by atoms with Crippen molar-refractivity contribution >= 4 is 0 Å². The van der Waals surface area contributed by atoms with Gasteiger partial charge in [0.15, 0.2) is 5.69 Å². The van der Waals surface area contributed by atoms with Crippen LogP contribution in [0.1, 0.15) is 25.5 Å². The molecule has 28 heavy (non-hydrogen) atoms. The summed E-state index contributed by atoms with van der Waals surface area (Å²) in [5.41, 5.74) is 1.55. The highest BCUT2D eigenvalue weighted by atomic mass is 19.1. The molecule has 0 saturated carbocycles. The molecule has 0 N–H and O–H groups in total. The summed E-state index contributed by atoms with van der Waals surface area (Å²) in [5.74, 6) is -0.618. The van der Waals surface area contributed by atoms with Crippen molar-refractivity contribution in [3.8, 4) is 28.7 Å². The number of unbranched alkanes of at least 4 members (excludes halogenated alkanes) is 1. The van der Waals surface area contributed by atoms with E-state index in [0.29, 0.717) is 23.5 Å². The molecule has 2 heterocycles. The van der Waals surface area contributed by atoms with Crippen molar-refractivity contribution in [3.05, 3.63) is 65.9 Å². The normalized spacial score (nSPS) is 11.1. The molecule has 0 bridgehead atoms. The molecule has 0 saturated heterocycles. The molecule has 0 atom stereocenters. The van der Waals surface area contributed by atoms with Crippen LogP contribution in [0.2, 0.25) is 0 Å². The molecule has 0 aliphatic heterocycles. The second kappa shape index (κ2) is 7.67. The molecule has 0 amide bonds. The van der Waals surface area contributed by atoms with E-state index in [0.717, 1.165) is 12.8 Å². The number of hydrogen-bond acceptors (Lipinski definition) is 5. The zero-order chi connectivity index (χ0) is 19.5. The first kappa shape index (κ1) is 18.0. The highest BCUT2D eigenvalue weighted by Crippen LogP contribution is 2.27. The summed E-state index contributed by atoms with van der Waals surface area (Å²) in [6.07, 6.45) is 2.39. The highest BCUT2D eigenvalue weighted by molar-refractivity contribution is 5.59. The average molecular weight is 381 g/mol. The van der Waals surface area contributed by atoms with E-state index in [1.54, 1.807) is 36.4 Å². The first-order valence-corrected chi connectivity index (χ1v) is 8.97. The van der Waals surface area contributed by atoms with Crippen LogP contribution in [0.3, 0.4) is 0 Å². The van der Waals surface area contributed by atoms with Gasteiger partial charge in [-0.25, -0.2) is 13.5 Å². The van der Waals surface area contributed by atoms with Crippen molar-refractivity contribution in [3.63, 3.8) is 0 Å². The molecule has 0 aliphatic carbocycles. The van der Waals surface area contributed by atoms with Crippen molar-refractivity contribution in [1.29, 1.82) is 0 Å². The van der Waals surface area contributed by atoms with Gasteiger partial charge in [0, 0.05) is 0 Å². The molecule has 0 spiro atoms. The number of rotatable bonds is 6. The Kier molecular flexibility index (Phi) is 4.92. The summed E-state index contributed by atoms with van der Waals surface area (Å²) in [7, 11) is 0. The van der Waals surface area contributed by atoms with Gasteiger partial charge in [0.2, 0.25) is 5.82 Å². The lowest BCUT2D eigenvalue weighted by Crippen LogP contribution is -2.05. The molecular formula is C20H17F2N5O. The first-order valence-electron chi connectivity index (χ1n) is 8.97. The standard InChI is InChI=1S/C20H17F2N5O/c1-2-3-11-17-18(24-26-27(17)16-12-7-6-10-15(16)22)20-23-19(25-28-20)13-8-4-5-9-14(13)21/h4-10,12H,2-3,11H2,1H3. The molecule has 0 unspecified atom stereocenters. The minimum Gasteiger partial charge on any atom is -0.332 e. The molecule has 142 valence electrons. The molecule has 2 aromatic carbocycles. The molecule has 0 fully saturated rings. The number of nitrogens with zero attached hydrogens (tertiary/aromatic N) is 5. The Morgan fingerprint density at radius 1 is 1.00 bits per heavy atom. The second-order valence-electron chi connectivity index (χ2n) is 6.25. The lowest BCUT2D eigenvalue weighted by atomic mass is 10.1. The van der Waals surface area contributed by atoms with Crippen molar-refractivity contribution in [2.24, 2.45) is 0 Å². The fraction of sp³-hybridized carbons (Fsp3) is 0.200. The van der Waals surface area contributed by atoms with Gasteiger partial charge >= 0.3 is 0 Å². The third-order valence-electron chi connectivity index (χ3n) is 4.35. The lowest BCUT2D eigenvalue weighted by Gasteiger charge is -2.07. The van der Waals surface area contributed by atoms with E-state index in [4.69, 9.17) is 4.52 Å². The minimum absolute atomic E-state index is 0.118. The molecule has 6 nitrogen and oxygen atoms in total. The van der Waals surface area contributed by atoms with E-state index < -0.39 is 11.6 Å². The fourth-order valence-electron chi connectivity index (χ4n) is 2.92. The summed E-state index contributed by atoms with van der Waals surface area (Å²) in [4.78, 5) is 4.28. The molecule has 0 aliphatic rings. The zero-order valence-corrected chi connectivity index (χ0v) is 15.1. The molecular weight excluding hydrogens is 364 g/mol. The number of hydrogen-bond donors (Lipinski definition) is 0. The largest absolute Gasteiger partial charge is 0.332 e. The summed E-state index contributed by atoms with van der Waals surface area (Å²) in [6.45, 7) is 2.06. The SMILES string of the molecule is CCCCc1c(-c2nc(-c3ccccc3F)no2)nnn1-c1ccccc1F. The van der Waals surface area contributed by atoms with Gasteiger partial charge in [-0.3, -0.25) is 0 Å². The molecule has 2 aromatic heterocycles. The maximum atomic E-state index is 14.3. The quantitative estimate of drug-likeness (QED) is 0.488. The van der Waals surface area contributed by atoms with Crippen LogP contribution in [-0.2, 0) is 6.42 Å².